The summed E-state index contributed by atoms with van der Waals surface area (Å²) in [6, 6.07) is 9.89. The molecule has 4 heterocycles. The van der Waals surface area contributed by atoms with Gasteiger partial charge in [0.05, 0.1) is 23.8 Å². The summed E-state index contributed by atoms with van der Waals surface area (Å²) in [7, 11) is 1.83. The molecule has 0 unspecified atom stereocenters. The van der Waals surface area contributed by atoms with Gasteiger partial charge in [-0.15, -0.1) is 0 Å². The zero-order valence-electron chi connectivity index (χ0n) is 21.1. The highest BCUT2D eigenvalue weighted by atomic mass is 19.1. The molecule has 5 aromatic rings. The van der Waals surface area contributed by atoms with Crippen molar-refractivity contribution in [1.29, 1.82) is 0 Å². The number of imidazole rings is 1. The number of carbonyl (C=O) groups is 1. The monoisotopic (exact) mass is 526 g/mol. The number of hydrogen-bond donors (Lipinski definition) is 1. The Hall–Kier alpha value is -4.60. The average Bonchev–Trinajstić information content (AvgIpc) is 3.57. The number of fused-ring (bicyclic) bond motifs is 2. The van der Waals surface area contributed by atoms with Crippen molar-refractivity contribution in [3.8, 4) is 28.3 Å². The first-order valence-corrected chi connectivity index (χ1v) is 12.8. The van der Waals surface area contributed by atoms with Crippen LogP contribution in [0.25, 0.3) is 33.7 Å². The lowest BCUT2D eigenvalue weighted by Crippen LogP contribution is -2.32. The summed E-state index contributed by atoms with van der Waals surface area (Å²) in [4.78, 5) is 26.9. The highest BCUT2D eigenvalue weighted by Gasteiger charge is 2.31. The largest absolute Gasteiger partial charge is 0.491 e. The molecule has 39 heavy (non-hydrogen) atoms. The minimum atomic E-state index is -0.589. The number of hydrogen-bond acceptors (Lipinski definition) is 5. The molecule has 0 saturated heterocycles. The molecule has 0 spiro atoms. The van der Waals surface area contributed by atoms with Crippen LogP contribution in [0.2, 0.25) is 0 Å². The van der Waals surface area contributed by atoms with E-state index in [0.29, 0.717) is 34.0 Å². The smallest absolute Gasteiger partial charge is 0.261 e. The van der Waals surface area contributed by atoms with Gasteiger partial charge in [0.1, 0.15) is 35.4 Å². The molecule has 3 aromatic heterocycles. The van der Waals surface area contributed by atoms with E-state index >= 15 is 8.78 Å². The number of ether oxygens (including phenoxy) is 1. The Balaban J connectivity index is 1.17. The molecule has 2 aromatic carbocycles. The van der Waals surface area contributed by atoms with Crippen LogP contribution in [0.4, 0.5) is 8.78 Å². The van der Waals surface area contributed by atoms with Gasteiger partial charge in [0.15, 0.2) is 5.65 Å². The summed E-state index contributed by atoms with van der Waals surface area (Å²) in [5.74, 6) is -0.329. The van der Waals surface area contributed by atoms with Crippen molar-refractivity contribution in [2.45, 2.75) is 25.3 Å². The van der Waals surface area contributed by atoms with Crippen LogP contribution in [0, 0.1) is 11.6 Å². The van der Waals surface area contributed by atoms with Gasteiger partial charge >= 0.3 is 0 Å². The van der Waals surface area contributed by atoms with E-state index in [2.05, 4.69) is 20.1 Å². The van der Waals surface area contributed by atoms with E-state index in [4.69, 9.17) is 4.74 Å². The van der Waals surface area contributed by atoms with Gasteiger partial charge in [-0.05, 0) is 54.2 Å². The SMILES string of the molecule is Cn1cc(-c2nc3nccc(-c4ccc(CN5CCOc6cc(C7CC7)cc(F)c6C5=O)c(F)c4)c3[nH]2)cn1. The number of amides is 1. The molecule has 7 rings (SSSR count). The normalized spacial score (nSPS) is 15.4. The topological polar surface area (TPSA) is 88.9 Å². The van der Waals surface area contributed by atoms with Crippen molar-refractivity contribution in [3.05, 3.63) is 83.3 Å². The van der Waals surface area contributed by atoms with Crippen molar-refractivity contribution in [2.24, 2.45) is 7.05 Å². The first-order valence-electron chi connectivity index (χ1n) is 12.8. The van der Waals surface area contributed by atoms with Crippen molar-refractivity contribution in [2.75, 3.05) is 13.2 Å². The van der Waals surface area contributed by atoms with Crippen molar-refractivity contribution in [1.82, 2.24) is 29.6 Å². The molecule has 0 bridgehead atoms. The standard InChI is InChI=1S/C29H24F2N6O2/c1-36-14-20(13-33-36)27-34-26-21(6-7-32-28(26)35-27)17-4-5-18(22(30)10-17)15-37-8-9-39-24-12-19(16-2-3-16)11-23(31)25(24)29(37)38/h4-7,10-14,16H,2-3,8-9,15H2,1H3,(H,32,34,35). The number of aromatic amines is 1. The molecule has 1 aliphatic carbocycles. The van der Waals surface area contributed by atoms with Gasteiger partial charge in [0.2, 0.25) is 0 Å². The van der Waals surface area contributed by atoms with Crippen LogP contribution in [0.1, 0.15) is 40.2 Å². The van der Waals surface area contributed by atoms with Gasteiger partial charge in [-0.2, -0.15) is 5.10 Å². The quantitative estimate of drug-likeness (QED) is 0.339. The second kappa shape index (κ2) is 9.00. The van der Waals surface area contributed by atoms with Crippen LogP contribution in [0.5, 0.6) is 5.75 Å². The van der Waals surface area contributed by atoms with Gasteiger partial charge in [0, 0.05) is 37.1 Å². The summed E-state index contributed by atoms with van der Waals surface area (Å²) in [6.45, 7) is 0.432. The number of pyridine rings is 1. The Labute approximate surface area is 222 Å². The number of aryl methyl sites for hydroxylation is 1. The maximum atomic E-state index is 15.4. The van der Waals surface area contributed by atoms with Gasteiger partial charge < -0.3 is 14.6 Å². The van der Waals surface area contributed by atoms with Gasteiger partial charge in [-0.25, -0.2) is 18.7 Å². The van der Waals surface area contributed by atoms with Crippen LogP contribution in [0.3, 0.4) is 0 Å². The lowest BCUT2D eigenvalue weighted by molar-refractivity contribution is 0.0737. The Morgan fingerprint density at radius 1 is 1.10 bits per heavy atom. The summed E-state index contributed by atoms with van der Waals surface area (Å²) in [6.07, 6.45) is 7.22. The van der Waals surface area contributed by atoms with Gasteiger partial charge in [-0.1, -0.05) is 12.1 Å². The fourth-order valence-electron chi connectivity index (χ4n) is 5.13. The zero-order chi connectivity index (χ0) is 26.7. The molecular weight excluding hydrogens is 502 g/mol. The summed E-state index contributed by atoms with van der Waals surface area (Å²) < 4.78 is 37.9. The van der Waals surface area contributed by atoms with Crippen molar-refractivity contribution in [3.63, 3.8) is 0 Å². The molecule has 8 nitrogen and oxygen atoms in total. The Bertz CT molecular complexity index is 1760. The number of nitrogens with zero attached hydrogens (tertiary/aromatic N) is 5. The second-order valence-electron chi connectivity index (χ2n) is 10.1. The molecule has 1 saturated carbocycles. The molecule has 196 valence electrons. The fourth-order valence-corrected chi connectivity index (χ4v) is 5.13. The third kappa shape index (κ3) is 4.21. The molecular formula is C29H24F2N6O2. The molecule has 1 amide bonds. The van der Waals surface area contributed by atoms with Crippen LogP contribution in [-0.2, 0) is 13.6 Å². The van der Waals surface area contributed by atoms with E-state index < -0.39 is 17.5 Å². The van der Waals surface area contributed by atoms with Crippen molar-refractivity contribution < 1.29 is 18.3 Å². The van der Waals surface area contributed by atoms with E-state index in [0.717, 1.165) is 29.5 Å². The number of nitrogens with one attached hydrogen (secondary N) is 1. The maximum Gasteiger partial charge on any atom is 0.261 e. The summed E-state index contributed by atoms with van der Waals surface area (Å²) in [5, 5.41) is 4.18. The second-order valence-corrected chi connectivity index (χ2v) is 10.1. The predicted octanol–water partition coefficient (Wildman–Crippen LogP) is 5.22. The Kier molecular flexibility index (Phi) is 5.43. The molecule has 0 atom stereocenters. The average molecular weight is 527 g/mol. The van der Waals surface area contributed by atoms with Crippen molar-refractivity contribution >= 4 is 17.1 Å². The summed E-state index contributed by atoms with van der Waals surface area (Å²) in [5.41, 5.74) is 4.50. The molecule has 0 radical (unpaired) electrons. The molecule has 10 heteroatoms. The first-order chi connectivity index (χ1) is 18.9. The van der Waals surface area contributed by atoms with Crippen LogP contribution >= 0.6 is 0 Å². The lowest BCUT2D eigenvalue weighted by Gasteiger charge is -2.21. The number of carbonyl (C=O) groups excluding carboxylic acids is 1. The molecule has 1 aliphatic heterocycles. The fraction of sp³-hybridized carbons (Fsp3) is 0.241. The van der Waals surface area contributed by atoms with E-state index in [1.54, 1.807) is 41.3 Å². The van der Waals surface area contributed by atoms with Crippen LogP contribution in [-0.4, -0.2) is 48.7 Å². The molecule has 2 aliphatic rings. The molecule has 1 N–H and O–H groups in total. The third-order valence-corrected chi connectivity index (χ3v) is 7.34. The number of rotatable bonds is 5. The maximum absolute atomic E-state index is 15.4. The van der Waals surface area contributed by atoms with Crippen LogP contribution < -0.4 is 4.74 Å². The van der Waals surface area contributed by atoms with E-state index in [-0.39, 0.29) is 31.0 Å². The first kappa shape index (κ1) is 23.5. The number of H-pyrrole nitrogens is 1. The Morgan fingerprint density at radius 3 is 2.74 bits per heavy atom. The number of halogens is 2. The summed E-state index contributed by atoms with van der Waals surface area (Å²) >= 11 is 0. The molecule has 1 fully saturated rings. The van der Waals surface area contributed by atoms with E-state index in [1.807, 2.05) is 13.2 Å². The lowest BCUT2D eigenvalue weighted by atomic mass is 10.0. The Morgan fingerprint density at radius 2 is 1.97 bits per heavy atom. The highest BCUT2D eigenvalue weighted by Crippen LogP contribution is 2.43. The number of benzene rings is 2. The predicted molar refractivity (Wildman–Crippen MR) is 140 cm³/mol. The van der Waals surface area contributed by atoms with E-state index in [1.165, 1.54) is 17.0 Å². The highest BCUT2D eigenvalue weighted by molar-refractivity contribution is 5.97. The minimum absolute atomic E-state index is 0.00146. The van der Waals surface area contributed by atoms with E-state index in [9.17, 15) is 4.79 Å². The zero-order valence-corrected chi connectivity index (χ0v) is 21.1. The number of aromatic nitrogens is 5. The minimum Gasteiger partial charge on any atom is -0.491 e. The van der Waals surface area contributed by atoms with Gasteiger partial charge in [-0.3, -0.25) is 9.48 Å². The van der Waals surface area contributed by atoms with Gasteiger partial charge in [0.25, 0.3) is 5.91 Å². The third-order valence-electron chi connectivity index (χ3n) is 7.34. The van der Waals surface area contributed by atoms with Crippen LogP contribution in [0.15, 0.2) is 55.0 Å².